The summed E-state index contributed by atoms with van der Waals surface area (Å²) in [5.74, 6) is 1.30. The average molecular weight is 469 g/mol. The minimum absolute atomic E-state index is 0.0637. The van der Waals surface area contributed by atoms with E-state index in [1.165, 1.54) is 7.11 Å². The van der Waals surface area contributed by atoms with Gasteiger partial charge in [-0.25, -0.2) is 0 Å². The van der Waals surface area contributed by atoms with Crippen molar-refractivity contribution in [3.8, 4) is 11.5 Å². The topological polar surface area (TPSA) is 58.0 Å². The summed E-state index contributed by atoms with van der Waals surface area (Å²) in [6.07, 6.45) is 2.82. The Balaban J connectivity index is 1.88. The predicted molar refractivity (Wildman–Crippen MR) is 113 cm³/mol. The Labute approximate surface area is 175 Å². The van der Waals surface area contributed by atoms with Gasteiger partial charge in [0, 0.05) is 22.5 Å². The highest BCUT2D eigenvalue weighted by atomic mass is 79.9. The van der Waals surface area contributed by atoms with Gasteiger partial charge in [-0.05, 0) is 46.1 Å². The molecule has 3 atom stereocenters. The maximum atomic E-state index is 10.3. The fourth-order valence-electron chi connectivity index (χ4n) is 3.67. The number of thioether (sulfide) groups is 1. The van der Waals surface area contributed by atoms with Gasteiger partial charge in [0.2, 0.25) is 0 Å². The number of hydrogen-bond acceptors (Lipinski definition) is 6. The normalized spacial score (nSPS) is 24.1. The molecular formula is C19H19BrClN3O2S. The third kappa shape index (κ3) is 3.09. The van der Waals surface area contributed by atoms with Gasteiger partial charge >= 0.3 is 0 Å². The van der Waals surface area contributed by atoms with Crippen LogP contribution >= 0.6 is 39.3 Å². The number of aromatic hydroxyl groups is 1. The molecule has 1 aromatic carbocycles. The number of fused-ring (bicyclic) bond motifs is 1. The highest BCUT2D eigenvalue weighted by Crippen LogP contribution is 2.53. The zero-order valence-electron chi connectivity index (χ0n) is 14.9. The van der Waals surface area contributed by atoms with E-state index >= 15 is 0 Å². The van der Waals surface area contributed by atoms with Crippen LogP contribution in [0.5, 0.6) is 11.5 Å². The molecule has 1 fully saturated rings. The van der Waals surface area contributed by atoms with Crippen LogP contribution in [0.3, 0.4) is 0 Å². The molecule has 1 aromatic heterocycles. The zero-order chi connectivity index (χ0) is 19.1. The van der Waals surface area contributed by atoms with E-state index in [1.54, 1.807) is 18.0 Å². The minimum Gasteiger partial charge on any atom is -0.503 e. The lowest BCUT2D eigenvalue weighted by molar-refractivity contribution is 0.253. The third-order valence-electron chi connectivity index (χ3n) is 5.04. The molecule has 27 heavy (non-hydrogen) atoms. The van der Waals surface area contributed by atoms with Gasteiger partial charge in [-0.3, -0.25) is 9.98 Å². The SMILES string of the molecule is CCC1CSC2=NC(c3ccccn3)C(c3cc(OC)c(O)c(Cl)c3Br)N21. The molecular weight excluding hydrogens is 450 g/mol. The summed E-state index contributed by atoms with van der Waals surface area (Å²) in [4.78, 5) is 11.9. The van der Waals surface area contributed by atoms with E-state index in [9.17, 15) is 5.11 Å². The van der Waals surface area contributed by atoms with Crippen LogP contribution in [0.25, 0.3) is 0 Å². The Morgan fingerprint density at radius 2 is 2.26 bits per heavy atom. The Morgan fingerprint density at radius 3 is 2.93 bits per heavy atom. The Kier molecular flexibility index (Phi) is 5.27. The Bertz CT molecular complexity index is 896. The fraction of sp³-hybridized carbons (Fsp3) is 0.368. The molecule has 0 saturated carbocycles. The number of rotatable bonds is 4. The molecule has 1 saturated heterocycles. The number of ether oxygens (including phenoxy) is 1. The van der Waals surface area contributed by atoms with Crippen molar-refractivity contribution in [2.24, 2.45) is 4.99 Å². The van der Waals surface area contributed by atoms with Crippen molar-refractivity contribution in [1.82, 2.24) is 9.88 Å². The highest BCUT2D eigenvalue weighted by Gasteiger charge is 2.46. The molecule has 3 heterocycles. The smallest absolute Gasteiger partial charge is 0.177 e. The molecule has 2 aliphatic rings. The molecule has 0 amide bonds. The first-order valence-corrected chi connectivity index (χ1v) is 10.9. The van der Waals surface area contributed by atoms with Crippen LogP contribution in [-0.4, -0.2) is 39.1 Å². The maximum absolute atomic E-state index is 10.3. The van der Waals surface area contributed by atoms with Gasteiger partial charge in [-0.15, -0.1) is 0 Å². The molecule has 4 rings (SSSR count). The molecule has 8 heteroatoms. The Morgan fingerprint density at radius 1 is 1.44 bits per heavy atom. The standard InChI is InChI=1S/C19H19BrClN3O2S/c1-3-10-9-27-19-23-16(12-6-4-5-7-22-12)17(24(10)19)11-8-13(26-2)18(25)15(21)14(11)20/h4-8,10,16-17,25H,3,9H2,1-2H3. The molecule has 5 nitrogen and oxygen atoms in total. The van der Waals surface area contributed by atoms with E-state index in [1.807, 2.05) is 24.3 Å². The highest BCUT2D eigenvalue weighted by molar-refractivity contribution is 9.10. The van der Waals surface area contributed by atoms with Gasteiger partial charge in [-0.1, -0.05) is 36.4 Å². The first kappa shape index (κ1) is 18.9. The summed E-state index contributed by atoms with van der Waals surface area (Å²) < 4.78 is 6.02. The van der Waals surface area contributed by atoms with Gasteiger partial charge < -0.3 is 14.7 Å². The van der Waals surface area contributed by atoms with Crippen LogP contribution in [0.1, 0.15) is 36.7 Å². The number of benzene rings is 1. The van der Waals surface area contributed by atoms with Gasteiger partial charge in [0.1, 0.15) is 11.1 Å². The predicted octanol–water partition coefficient (Wildman–Crippen LogP) is 5.19. The second-order valence-corrected chi connectivity index (χ2v) is 8.64. The summed E-state index contributed by atoms with van der Waals surface area (Å²) in [5.41, 5.74) is 1.85. The lowest BCUT2D eigenvalue weighted by Gasteiger charge is -2.33. The molecule has 1 N–H and O–H groups in total. The number of hydrogen-bond donors (Lipinski definition) is 1. The van der Waals surface area contributed by atoms with Gasteiger partial charge in [0.05, 0.1) is 18.8 Å². The first-order valence-electron chi connectivity index (χ1n) is 8.71. The lowest BCUT2D eigenvalue weighted by Crippen LogP contribution is -2.35. The minimum atomic E-state index is -0.148. The number of methoxy groups -OCH3 is 1. The molecule has 0 bridgehead atoms. The number of aliphatic imine (C=N–C) groups is 1. The molecule has 2 aliphatic heterocycles. The number of nitrogens with zero attached hydrogens (tertiary/aromatic N) is 3. The van der Waals surface area contributed by atoms with Crippen molar-refractivity contribution < 1.29 is 9.84 Å². The van der Waals surface area contributed by atoms with Crippen LogP contribution < -0.4 is 4.74 Å². The summed E-state index contributed by atoms with van der Waals surface area (Å²) in [5, 5.41) is 11.6. The number of pyridine rings is 1. The van der Waals surface area contributed by atoms with Crippen LogP contribution in [-0.2, 0) is 0 Å². The van der Waals surface area contributed by atoms with E-state index in [0.717, 1.165) is 28.6 Å². The number of halogens is 2. The molecule has 3 unspecified atom stereocenters. The second kappa shape index (κ2) is 7.53. The van der Waals surface area contributed by atoms with E-state index in [2.05, 4.69) is 32.7 Å². The number of phenolic OH excluding ortho intramolecular Hbond substituents is 1. The van der Waals surface area contributed by atoms with Crippen molar-refractivity contribution in [1.29, 1.82) is 0 Å². The zero-order valence-corrected chi connectivity index (χ0v) is 18.1. The summed E-state index contributed by atoms with van der Waals surface area (Å²) in [7, 11) is 1.52. The second-order valence-electron chi connectivity index (χ2n) is 6.48. The number of aromatic nitrogens is 1. The maximum Gasteiger partial charge on any atom is 0.177 e. The monoisotopic (exact) mass is 467 g/mol. The number of amidine groups is 1. The molecule has 2 aromatic rings. The van der Waals surface area contributed by atoms with Crippen molar-refractivity contribution in [2.75, 3.05) is 12.9 Å². The summed E-state index contributed by atoms with van der Waals surface area (Å²) >= 11 is 11.8. The summed E-state index contributed by atoms with van der Waals surface area (Å²) in [6.45, 7) is 2.19. The van der Waals surface area contributed by atoms with Crippen molar-refractivity contribution in [2.45, 2.75) is 31.5 Å². The van der Waals surface area contributed by atoms with E-state index in [4.69, 9.17) is 21.3 Å². The van der Waals surface area contributed by atoms with Crippen LogP contribution in [0.4, 0.5) is 0 Å². The van der Waals surface area contributed by atoms with Crippen LogP contribution in [0.15, 0.2) is 39.9 Å². The van der Waals surface area contributed by atoms with Crippen molar-refractivity contribution in [3.63, 3.8) is 0 Å². The Hall–Kier alpha value is -1.44. The fourth-order valence-corrected chi connectivity index (χ4v) is 5.75. The summed E-state index contributed by atoms with van der Waals surface area (Å²) in [6, 6.07) is 7.90. The van der Waals surface area contributed by atoms with Gasteiger partial charge in [0.25, 0.3) is 0 Å². The van der Waals surface area contributed by atoms with Crippen molar-refractivity contribution >= 4 is 44.5 Å². The van der Waals surface area contributed by atoms with Crippen LogP contribution in [0.2, 0.25) is 5.02 Å². The third-order valence-corrected chi connectivity index (χ3v) is 7.62. The number of phenols is 1. The lowest BCUT2D eigenvalue weighted by atomic mass is 9.95. The molecule has 142 valence electrons. The largest absolute Gasteiger partial charge is 0.503 e. The average Bonchev–Trinajstić information content (AvgIpc) is 3.26. The molecule has 0 spiro atoms. The van der Waals surface area contributed by atoms with Crippen molar-refractivity contribution in [3.05, 3.63) is 51.2 Å². The first-order chi connectivity index (χ1) is 13.1. The molecule has 0 aliphatic carbocycles. The van der Waals surface area contributed by atoms with E-state index < -0.39 is 0 Å². The molecule has 0 radical (unpaired) electrons. The van der Waals surface area contributed by atoms with E-state index in [0.29, 0.717) is 16.3 Å². The van der Waals surface area contributed by atoms with Gasteiger partial charge in [0.15, 0.2) is 16.7 Å². The van der Waals surface area contributed by atoms with Gasteiger partial charge in [-0.2, -0.15) is 0 Å². The quantitative estimate of drug-likeness (QED) is 0.669. The van der Waals surface area contributed by atoms with E-state index in [-0.39, 0.29) is 22.9 Å². The van der Waals surface area contributed by atoms with Crippen LogP contribution in [0, 0.1) is 0 Å².